The number of hydrogen-bond donors (Lipinski definition) is 1. The van der Waals surface area contributed by atoms with Gasteiger partial charge in [0.25, 0.3) is 0 Å². The Hall–Kier alpha value is -3.54. The molecule has 0 fully saturated rings. The lowest BCUT2D eigenvalue weighted by Gasteiger charge is -2.33. The molecular weight excluding hydrogens is 416 g/mol. The number of hydrogen-bond acceptors (Lipinski definition) is 5. The van der Waals surface area contributed by atoms with Crippen LogP contribution in [0.1, 0.15) is 68.9 Å². The molecule has 0 saturated heterocycles. The van der Waals surface area contributed by atoms with Crippen LogP contribution in [0.3, 0.4) is 0 Å². The Morgan fingerprint density at radius 2 is 1.76 bits per heavy atom. The number of Topliss-reactive ketones (excluding diaryl/α,β-unsaturated/α-hetero) is 1. The molecule has 0 saturated carbocycles. The predicted octanol–water partition coefficient (Wildman–Crippen LogP) is 6.35. The van der Waals surface area contributed by atoms with E-state index in [-0.39, 0.29) is 17.6 Å². The second-order valence-electron chi connectivity index (χ2n) is 8.72. The van der Waals surface area contributed by atoms with E-state index in [1.54, 1.807) is 23.5 Å². The molecule has 0 bridgehead atoms. The number of carbonyl (C=O) groups excluding carboxylic acids is 2. The second kappa shape index (κ2) is 9.14. The van der Waals surface area contributed by atoms with Crippen molar-refractivity contribution in [2.45, 2.75) is 57.4 Å². The average molecular weight is 445 g/mol. The molecule has 2 atom stereocenters. The Bertz CT molecular complexity index is 1160. The van der Waals surface area contributed by atoms with Gasteiger partial charge in [0, 0.05) is 30.0 Å². The van der Waals surface area contributed by atoms with Gasteiger partial charge in [0.15, 0.2) is 5.78 Å². The number of benzene rings is 1. The maximum Gasteiger partial charge on any atom is 0.228 e. The Morgan fingerprint density at radius 3 is 2.48 bits per heavy atom. The lowest BCUT2D eigenvalue weighted by Crippen LogP contribution is -2.38. The molecule has 0 unspecified atom stereocenters. The van der Waals surface area contributed by atoms with Crippen LogP contribution in [0.25, 0.3) is 0 Å². The minimum Gasteiger partial charge on any atom is -0.469 e. The zero-order chi connectivity index (χ0) is 22.8. The molecule has 3 heterocycles. The van der Waals surface area contributed by atoms with E-state index in [1.165, 1.54) is 0 Å². The number of rotatable bonds is 6. The lowest BCUT2D eigenvalue weighted by atomic mass is 9.81. The van der Waals surface area contributed by atoms with Crippen LogP contribution in [-0.4, -0.2) is 11.7 Å². The lowest BCUT2D eigenvalue weighted by molar-refractivity contribution is -0.119. The fraction of sp³-hybridized carbons (Fsp3) is 0.333. The number of nitrogens with one attached hydrogen (secondary N) is 1. The van der Waals surface area contributed by atoms with Crippen molar-refractivity contribution in [2.75, 3.05) is 10.2 Å². The average Bonchev–Trinajstić information content (AvgIpc) is 3.51. The van der Waals surface area contributed by atoms with Gasteiger partial charge in [0.05, 0.1) is 23.9 Å². The molecule has 1 aliphatic carbocycles. The first kappa shape index (κ1) is 21.3. The zero-order valence-electron chi connectivity index (χ0n) is 18.8. The summed E-state index contributed by atoms with van der Waals surface area (Å²) >= 11 is 0. The summed E-state index contributed by atoms with van der Waals surface area (Å²) in [7, 11) is 0. The van der Waals surface area contributed by atoms with Crippen LogP contribution in [0, 0.1) is 0 Å². The minimum absolute atomic E-state index is 0.00529. The summed E-state index contributed by atoms with van der Waals surface area (Å²) in [4.78, 5) is 29.1. The summed E-state index contributed by atoms with van der Waals surface area (Å²) in [6, 6.07) is 14.6. The Balaban J connectivity index is 1.64. The van der Waals surface area contributed by atoms with Gasteiger partial charge in [-0.3, -0.25) is 14.5 Å². The van der Waals surface area contributed by atoms with Gasteiger partial charge < -0.3 is 14.2 Å². The van der Waals surface area contributed by atoms with E-state index >= 15 is 0 Å². The van der Waals surface area contributed by atoms with Crippen molar-refractivity contribution in [2.24, 2.45) is 0 Å². The van der Waals surface area contributed by atoms with Crippen LogP contribution in [-0.2, 0) is 9.59 Å². The molecule has 3 aromatic rings. The monoisotopic (exact) mass is 444 g/mol. The normalized spacial score (nSPS) is 20.2. The smallest absolute Gasteiger partial charge is 0.228 e. The number of carbonyl (C=O) groups is 2. The number of anilines is 2. The van der Waals surface area contributed by atoms with E-state index in [1.807, 2.05) is 42.5 Å². The van der Waals surface area contributed by atoms with E-state index in [0.717, 1.165) is 42.1 Å². The van der Waals surface area contributed by atoms with Crippen molar-refractivity contribution in [3.63, 3.8) is 0 Å². The molecule has 1 aromatic carbocycles. The Morgan fingerprint density at radius 1 is 1.00 bits per heavy atom. The van der Waals surface area contributed by atoms with Gasteiger partial charge in [-0.15, -0.1) is 0 Å². The van der Waals surface area contributed by atoms with Crippen molar-refractivity contribution in [3.05, 3.63) is 83.8 Å². The fourth-order valence-electron chi connectivity index (χ4n) is 4.95. The van der Waals surface area contributed by atoms with Gasteiger partial charge in [-0.2, -0.15) is 0 Å². The Labute approximate surface area is 193 Å². The second-order valence-corrected chi connectivity index (χ2v) is 8.72. The number of furan rings is 2. The molecule has 0 spiro atoms. The summed E-state index contributed by atoms with van der Waals surface area (Å²) in [5.41, 5.74) is 3.01. The van der Waals surface area contributed by atoms with Crippen molar-refractivity contribution in [1.82, 2.24) is 0 Å². The van der Waals surface area contributed by atoms with Gasteiger partial charge in [0.2, 0.25) is 5.91 Å². The van der Waals surface area contributed by atoms with Gasteiger partial charge in [-0.05, 0) is 49.2 Å². The number of nitrogens with zero attached hydrogens (tertiary/aromatic N) is 1. The molecule has 1 N–H and O–H groups in total. The van der Waals surface area contributed by atoms with Crippen LogP contribution < -0.4 is 10.2 Å². The van der Waals surface area contributed by atoms with E-state index in [4.69, 9.17) is 8.83 Å². The molecule has 1 amide bonds. The highest BCUT2D eigenvalue weighted by molar-refractivity contribution is 6.06. The highest BCUT2D eigenvalue weighted by Crippen LogP contribution is 2.47. The van der Waals surface area contributed by atoms with Crippen LogP contribution in [0.2, 0.25) is 0 Å². The first-order valence-electron chi connectivity index (χ1n) is 11.7. The molecule has 2 aromatic heterocycles. The molecular formula is C27H28N2O4. The maximum atomic E-state index is 13.7. The van der Waals surface area contributed by atoms with Crippen LogP contribution in [0.4, 0.5) is 11.4 Å². The molecule has 1 aliphatic heterocycles. The third-order valence-corrected chi connectivity index (χ3v) is 6.51. The summed E-state index contributed by atoms with van der Waals surface area (Å²) in [5, 5.41) is 3.51. The van der Waals surface area contributed by atoms with E-state index < -0.39 is 6.04 Å². The third kappa shape index (κ3) is 4.01. The number of para-hydroxylation sites is 2. The number of unbranched alkanes of at least 4 members (excludes halogenated alkanes) is 2. The first-order valence-corrected chi connectivity index (χ1v) is 11.7. The van der Waals surface area contributed by atoms with E-state index in [2.05, 4.69) is 12.2 Å². The highest BCUT2D eigenvalue weighted by Gasteiger charge is 2.43. The fourth-order valence-corrected chi connectivity index (χ4v) is 4.95. The quantitative estimate of drug-likeness (QED) is 0.448. The van der Waals surface area contributed by atoms with Crippen molar-refractivity contribution >= 4 is 23.1 Å². The number of amides is 1. The molecule has 2 aliphatic rings. The summed E-state index contributed by atoms with van der Waals surface area (Å²) < 4.78 is 11.4. The summed E-state index contributed by atoms with van der Waals surface area (Å²) in [5.74, 6) is 1.35. The topological polar surface area (TPSA) is 75.7 Å². The standard InChI is InChI=1S/C27H28N2O4/c1-2-3-4-13-25(31)29-21-10-6-5-9-19(21)28-20-16-18(23-11-7-14-32-23)17-22(30)26(20)27(29)24-12-8-15-33-24/h5-12,14-15,18,27-28H,2-4,13,16-17H2,1H3/t18-,27+/m1/s1. The number of fused-ring (bicyclic) bond motifs is 1. The third-order valence-electron chi connectivity index (χ3n) is 6.51. The molecule has 0 radical (unpaired) electrons. The Kier molecular flexibility index (Phi) is 5.90. The first-order chi connectivity index (χ1) is 16.2. The van der Waals surface area contributed by atoms with Crippen LogP contribution >= 0.6 is 0 Å². The van der Waals surface area contributed by atoms with Gasteiger partial charge in [-0.25, -0.2) is 0 Å². The number of ketones is 1. The van der Waals surface area contributed by atoms with Crippen molar-refractivity contribution in [3.8, 4) is 0 Å². The van der Waals surface area contributed by atoms with Crippen LogP contribution in [0.15, 0.2) is 81.2 Å². The molecule has 170 valence electrons. The van der Waals surface area contributed by atoms with E-state index in [0.29, 0.717) is 30.6 Å². The van der Waals surface area contributed by atoms with Crippen LogP contribution in [0.5, 0.6) is 0 Å². The van der Waals surface area contributed by atoms with Gasteiger partial charge in [-0.1, -0.05) is 31.9 Å². The minimum atomic E-state index is -0.606. The summed E-state index contributed by atoms with van der Waals surface area (Å²) in [6.07, 6.45) is 7.45. The molecule has 5 rings (SSSR count). The molecule has 33 heavy (non-hydrogen) atoms. The zero-order valence-corrected chi connectivity index (χ0v) is 18.8. The van der Waals surface area contributed by atoms with Crippen molar-refractivity contribution in [1.29, 1.82) is 0 Å². The van der Waals surface area contributed by atoms with E-state index in [9.17, 15) is 9.59 Å². The SMILES string of the molecule is CCCCCC(=O)N1c2ccccc2NC2=C(C(=O)C[C@H](c3ccco3)C2)[C@@H]1c1ccco1. The number of allylic oxidation sites excluding steroid dienone is 1. The molecule has 6 nitrogen and oxygen atoms in total. The maximum absolute atomic E-state index is 13.7. The largest absolute Gasteiger partial charge is 0.469 e. The van der Waals surface area contributed by atoms with Crippen molar-refractivity contribution < 1.29 is 18.4 Å². The highest BCUT2D eigenvalue weighted by atomic mass is 16.3. The summed E-state index contributed by atoms with van der Waals surface area (Å²) in [6.45, 7) is 2.12. The van der Waals surface area contributed by atoms with Gasteiger partial charge >= 0.3 is 0 Å². The predicted molar refractivity (Wildman–Crippen MR) is 126 cm³/mol. The molecule has 6 heteroatoms. The van der Waals surface area contributed by atoms with Gasteiger partial charge in [0.1, 0.15) is 17.6 Å².